The zero-order valence-electron chi connectivity index (χ0n) is 11.3. The highest BCUT2D eigenvalue weighted by Gasteiger charge is 2.28. The van der Waals surface area contributed by atoms with Crippen molar-refractivity contribution in [3.8, 4) is 0 Å². The number of rotatable bonds is 4. The molecule has 0 fully saturated rings. The van der Waals surface area contributed by atoms with Gasteiger partial charge in [0.25, 0.3) is 0 Å². The summed E-state index contributed by atoms with van der Waals surface area (Å²) in [6, 6.07) is 0. The molecule has 0 saturated carbocycles. The fourth-order valence-corrected chi connectivity index (χ4v) is 1.84. The molecule has 0 aliphatic heterocycles. The van der Waals surface area contributed by atoms with E-state index in [0.29, 0.717) is 6.42 Å². The second-order valence-corrected chi connectivity index (χ2v) is 4.79. The Morgan fingerprint density at radius 2 is 2.12 bits per heavy atom. The minimum Gasteiger partial charge on any atom is -0.321 e. The van der Waals surface area contributed by atoms with E-state index >= 15 is 0 Å². The van der Waals surface area contributed by atoms with Gasteiger partial charge in [-0.15, -0.1) is 0 Å². The van der Waals surface area contributed by atoms with Crippen molar-refractivity contribution < 1.29 is 4.79 Å². The number of hydrogen-bond donors (Lipinski definition) is 2. The molecule has 5 nitrogen and oxygen atoms in total. The SMILES string of the molecule is CCCC(C)(N)C(=O)Nc1c(C)nn(C)c1C. The Balaban J connectivity index is 2.88. The summed E-state index contributed by atoms with van der Waals surface area (Å²) in [5, 5.41) is 7.13. The molecule has 1 aromatic heterocycles. The average molecular weight is 238 g/mol. The molecular weight excluding hydrogens is 216 g/mol. The molecular formula is C12H22N4O. The summed E-state index contributed by atoms with van der Waals surface area (Å²) in [5.74, 6) is -0.154. The van der Waals surface area contributed by atoms with Crippen LogP contribution in [0.2, 0.25) is 0 Å². The molecule has 1 heterocycles. The van der Waals surface area contributed by atoms with Gasteiger partial charge < -0.3 is 11.1 Å². The van der Waals surface area contributed by atoms with E-state index in [1.807, 2.05) is 27.8 Å². The summed E-state index contributed by atoms with van der Waals surface area (Å²) < 4.78 is 1.75. The van der Waals surface area contributed by atoms with Crippen LogP contribution in [0.4, 0.5) is 5.69 Å². The first kappa shape index (κ1) is 13.7. The Bertz CT molecular complexity index is 420. The Kier molecular flexibility index (Phi) is 3.93. The number of aryl methyl sites for hydroxylation is 2. The predicted octanol–water partition coefficient (Wildman–Crippen LogP) is 1.49. The largest absolute Gasteiger partial charge is 0.321 e. The fourth-order valence-electron chi connectivity index (χ4n) is 1.84. The number of aromatic nitrogens is 2. The maximum Gasteiger partial charge on any atom is 0.244 e. The lowest BCUT2D eigenvalue weighted by Crippen LogP contribution is -2.48. The Morgan fingerprint density at radius 3 is 2.53 bits per heavy atom. The maximum absolute atomic E-state index is 12.1. The summed E-state index contributed by atoms with van der Waals surface area (Å²) >= 11 is 0. The average Bonchev–Trinajstić information content (AvgIpc) is 2.45. The van der Waals surface area contributed by atoms with Gasteiger partial charge in [0.2, 0.25) is 5.91 Å². The molecule has 0 radical (unpaired) electrons. The number of nitrogens with zero attached hydrogens (tertiary/aromatic N) is 2. The first-order valence-electron chi connectivity index (χ1n) is 5.90. The van der Waals surface area contributed by atoms with Crippen LogP contribution in [0.25, 0.3) is 0 Å². The Hall–Kier alpha value is -1.36. The molecule has 0 saturated heterocycles. The smallest absolute Gasteiger partial charge is 0.244 e. The van der Waals surface area contributed by atoms with E-state index in [9.17, 15) is 4.79 Å². The van der Waals surface area contributed by atoms with Gasteiger partial charge in [-0.05, 0) is 27.2 Å². The number of nitrogens with one attached hydrogen (secondary N) is 1. The van der Waals surface area contributed by atoms with Gasteiger partial charge in [0, 0.05) is 7.05 Å². The van der Waals surface area contributed by atoms with Gasteiger partial charge in [0.1, 0.15) is 0 Å². The first-order chi connectivity index (χ1) is 7.79. The van der Waals surface area contributed by atoms with Gasteiger partial charge in [0.05, 0.1) is 22.6 Å². The summed E-state index contributed by atoms with van der Waals surface area (Å²) in [6.07, 6.45) is 1.54. The highest BCUT2D eigenvalue weighted by molar-refractivity contribution is 5.98. The van der Waals surface area contributed by atoms with Crippen LogP contribution >= 0.6 is 0 Å². The predicted molar refractivity (Wildman–Crippen MR) is 68.8 cm³/mol. The molecule has 0 bridgehead atoms. The van der Waals surface area contributed by atoms with E-state index in [1.54, 1.807) is 11.6 Å². The second kappa shape index (κ2) is 4.87. The Labute approximate surface area is 102 Å². The summed E-state index contributed by atoms with van der Waals surface area (Å²) in [6.45, 7) is 7.56. The number of amides is 1. The van der Waals surface area contributed by atoms with E-state index in [1.165, 1.54) is 0 Å². The van der Waals surface area contributed by atoms with Crippen LogP contribution in [0.1, 0.15) is 38.1 Å². The molecule has 1 rings (SSSR count). The molecule has 96 valence electrons. The van der Waals surface area contributed by atoms with E-state index < -0.39 is 5.54 Å². The normalized spacial score (nSPS) is 14.5. The van der Waals surface area contributed by atoms with Crippen molar-refractivity contribution >= 4 is 11.6 Å². The van der Waals surface area contributed by atoms with Crippen molar-refractivity contribution in [2.45, 2.75) is 46.1 Å². The van der Waals surface area contributed by atoms with Gasteiger partial charge in [-0.25, -0.2) is 0 Å². The van der Waals surface area contributed by atoms with Crippen molar-refractivity contribution in [2.75, 3.05) is 5.32 Å². The van der Waals surface area contributed by atoms with Crippen LogP contribution in [0, 0.1) is 13.8 Å². The third-order valence-corrected chi connectivity index (χ3v) is 3.04. The molecule has 17 heavy (non-hydrogen) atoms. The zero-order chi connectivity index (χ0) is 13.2. The van der Waals surface area contributed by atoms with Crippen molar-refractivity contribution in [3.63, 3.8) is 0 Å². The monoisotopic (exact) mass is 238 g/mol. The molecule has 1 unspecified atom stereocenters. The molecule has 3 N–H and O–H groups in total. The van der Waals surface area contributed by atoms with E-state index in [0.717, 1.165) is 23.5 Å². The second-order valence-electron chi connectivity index (χ2n) is 4.79. The molecule has 1 atom stereocenters. The van der Waals surface area contributed by atoms with Crippen molar-refractivity contribution in [1.29, 1.82) is 0 Å². The van der Waals surface area contributed by atoms with E-state index in [2.05, 4.69) is 10.4 Å². The lowest BCUT2D eigenvalue weighted by atomic mass is 9.96. The van der Waals surface area contributed by atoms with E-state index in [4.69, 9.17) is 5.73 Å². The van der Waals surface area contributed by atoms with Crippen LogP contribution in [0.5, 0.6) is 0 Å². The molecule has 1 amide bonds. The molecule has 0 spiro atoms. The molecule has 5 heteroatoms. The highest BCUT2D eigenvalue weighted by Crippen LogP contribution is 2.20. The van der Waals surface area contributed by atoms with Gasteiger partial charge in [-0.1, -0.05) is 13.3 Å². The van der Waals surface area contributed by atoms with Crippen LogP contribution in [-0.4, -0.2) is 21.2 Å². The molecule has 0 aliphatic rings. The first-order valence-corrected chi connectivity index (χ1v) is 5.90. The summed E-state index contributed by atoms with van der Waals surface area (Å²) in [5.41, 5.74) is 7.67. The van der Waals surface area contributed by atoms with Gasteiger partial charge >= 0.3 is 0 Å². The minimum atomic E-state index is -0.830. The third kappa shape index (κ3) is 2.85. The summed E-state index contributed by atoms with van der Waals surface area (Å²) in [4.78, 5) is 12.1. The number of hydrogen-bond acceptors (Lipinski definition) is 3. The quantitative estimate of drug-likeness (QED) is 0.834. The molecule has 1 aromatic rings. The fraction of sp³-hybridized carbons (Fsp3) is 0.667. The third-order valence-electron chi connectivity index (χ3n) is 3.04. The topological polar surface area (TPSA) is 72.9 Å². The number of anilines is 1. The van der Waals surface area contributed by atoms with Crippen LogP contribution < -0.4 is 11.1 Å². The number of nitrogens with two attached hydrogens (primary N) is 1. The summed E-state index contributed by atoms with van der Waals surface area (Å²) in [7, 11) is 1.85. The van der Waals surface area contributed by atoms with E-state index in [-0.39, 0.29) is 5.91 Å². The molecule has 0 aromatic carbocycles. The van der Waals surface area contributed by atoms with Gasteiger partial charge in [-0.2, -0.15) is 5.10 Å². The highest BCUT2D eigenvalue weighted by atomic mass is 16.2. The Morgan fingerprint density at radius 1 is 1.53 bits per heavy atom. The van der Waals surface area contributed by atoms with Crippen LogP contribution in [0.15, 0.2) is 0 Å². The van der Waals surface area contributed by atoms with Crippen molar-refractivity contribution in [2.24, 2.45) is 12.8 Å². The number of carbonyl (C=O) groups is 1. The van der Waals surface area contributed by atoms with Crippen molar-refractivity contribution in [3.05, 3.63) is 11.4 Å². The lowest BCUT2D eigenvalue weighted by molar-refractivity contribution is -0.120. The number of carbonyl (C=O) groups excluding carboxylic acids is 1. The maximum atomic E-state index is 12.1. The van der Waals surface area contributed by atoms with Crippen LogP contribution in [-0.2, 0) is 11.8 Å². The molecule has 0 aliphatic carbocycles. The van der Waals surface area contributed by atoms with Crippen LogP contribution in [0.3, 0.4) is 0 Å². The minimum absolute atomic E-state index is 0.154. The lowest BCUT2D eigenvalue weighted by Gasteiger charge is -2.22. The zero-order valence-corrected chi connectivity index (χ0v) is 11.3. The van der Waals surface area contributed by atoms with Crippen molar-refractivity contribution in [1.82, 2.24) is 9.78 Å². The standard InChI is InChI=1S/C12H22N4O/c1-6-7-12(4,13)11(17)14-10-8(2)15-16(5)9(10)3/h6-7,13H2,1-5H3,(H,14,17). The van der Waals surface area contributed by atoms with Gasteiger partial charge in [0.15, 0.2) is 0 Å². The van der Waals surface area contributed by atoms with Gasteiger partial charge in [-0.3, -0.25) is 9.48 Å².